The molecule has 118 valence electrons. The van der Waals surface area contributed by atoms with Gasteiger partial charge in [0.15, 0.2) is 0 Å². The van der Waals surface area contributed by atoms with Crippen LogP contribution in [0.15, 0.2) is 23.1 Å². The number of nitrogens with zero attached hydrogens (tertiary/aromatic N) is 1. The highest BCUT2D eigenvalue weighted by atomic mass is 32.2. The molecule has 1 amide bonds. The average Bonchev–Trinajstić information content (AvgIpc) is 2.36. The number of hydrogen-bond acceptors (Lipinski definition) is 5. The van der Waals surface area contributed by atoms with E-state index >= 15 is 0 Å². The van der Waals surface area contributed by atoms with Crippen LogP contribution in [0.1, 0.15) is 13.8 Å². The summed E-state index contributed by atoms with van der Waals surface area (Å²) >= 11 is 0. The van der Waals surface area contributed by atoms with Crippen molar-refractivity contribution in [3.8, 4) is 0 Å². The Bertz CT molecular complexity index is 612. The normalized spacial score (nSPS) is 11.7. The van der Waals surface area contributed by atoms with E-state index in [0.29, 0.717) is 11.4 Å². The number of carbonyl (C=O) groups is 1. The van der Waals surface area contributed by atoms with Gasteiger partial charge in [-0.15, -0.1) is 0 Å². The van der Waals surface area contributed by atoms with E-state index in [1.54, 1.807) is 0 Å². The van der Waals surface area contributed by atoms with Gasteiger partial charge in [-0.2, -0.15) is 0 Å². The zero-order chi connectivity index (χ0) is 16.2. The number of anilines is 2. The van der Waals surface area contributed by atoms with E-state index in [0.717, 1.165) is 4.31 Å². The van der Waals surface area contributed by atoms with Gasteiger partial charge in [0, 0.05) is 20.1 Å². The lowest BCUT2D eigenvalue weighted by Crippen LogP contribution is -2.35. The number of hydrogen-bond donors (Lipinski definition) is 3. The third-order valence-corrected chi connectivity index (χ3v) is 4.50. The van der Waals surface area contributed by atoms with Crippen LogP contribution < -0.4 is 16.4 Å². The number of nitrogens with one attached hydrogen (secondary N) is 2. The number of carbonyl (C=O) groups excluding carboxylic acids is 1. The lowest BCUT2D eigenvalue weighted by Gasteiger charge is -2.15. The van der Waals surface area contributed by atoms with E-state index in [-0.39, 0.29) is 23.4 Å². The van der Waals surface area contributed by atoms with Gasteiger partial charge in [-0.25, -0.2) is 12.7 Å². The maximum atomic E-state index is 12.1. The summed E-state index contributed by atoms with van der Waals surface area (Å²) in [5.41, 5.74) is 6.59. The molecule has 0 saturated carbocycles. The third kappa shape index (κ3) is 4.61. The Morgan fingerprint density at radius 3 is 2.48 bits per heavy atom. The molecule has 0 atom stereocenters. The van der Waals surface area contributed by atoms with Gasteiger partial charge in [0.25, 0.3) is 0 Å². The number of rotatable bonds is 6. The van der Waals surface area contributed by atoms with Crippen molar-refractivity contribution in [3.63, 3.8) is 0 Å². The third-order valence-electron chi connectivity index (χ3n) is 2.69. The molecule has 0 heterocycles. The van der Waals surface area contributed by atoms with Crippen LogP contribution in [0.5, 0.6) is 0 Å². The highest BCUT2D eigenvalue weighted by Crippen LogP contribution is 2.24. The molecule has 0 fully saturated rings. The van der Waals surface area contributed by atoms with E-state index in [9.17, 15) is 13.2 Å². The molecule has 0 radical (unpaired) electrons. The summed E-state index contributed by atoms with van der Waals surface area (Å²) in [7, 11) is -0.630. The Balaban J connectivity index is 2.92. The van der Waals surface area contributed by atoms with Crippen LogP contribution in [-0.2, 0) is 14.8 Å². The van der Waals surface area contributed by atoms with Crippen LogP contribution in [0.4, 0.5) is 11.4 Å². The van der Waals surface area contributed by atoms with Gasteiger partial charge in [-0.3, -0.25) is 4.79 Å². The minimum atomic E-state index is -3.54. The molecule has 0 aliphatic carbocycles. The molecular weight excluding hydrogens is 292 g/mol. The molecular formula is C13H22N4O3S. The van der Waals surface area contributed by atoms with Gasteiger partial charge >= 0.3 is 0 Å². The summed E-state index contributed by atoms with van der Waals surface area (Å²) in [5.74, 6) is -0.190. The minimum absolute atomic E-state index is 0.0217. The SMILES string of the molecule is CC(C)NC(=O)CNc1cc(S(=O)(=O)N(C)C)ccc1N. The summed E-state index contributed by atoms with van der Waals surface area (Å²) in [5, 5.41) is 5.58. The second-order valence-electron chi connectivity index (χ2n) is 5.11. The zero-order valence-electron chi connectivity index (χ0n) is 12.7. The number of benzene rings is 1. The first kappa shape index (κ1) is 17.3. The van der Waals surface area contributed by atoms with Gasteiger partial charge in [-0.05, 0) is 32.0 Å². The van der Waals surface area contributed by atoms with Crippen molar-refractivity contribution in [2.75, 3.05) is 31.7 Å². The maximum Gasteiger partial charge on any atom is 0.242 e. The lowest BCUT2D eigenvalue weighted by atomic mass is 10.2. The Kier molecular flexibility index (Phi) is 5.56. The fourth-order valence-corrected chi connectivity index (χ4v) is 2.54. The minimum Gasteiger partial charge on any atom is -0.397 e. The maximum absolute atomic E-state index is 12.1. The van der Waals surface area contributed by atoms with Gasteiger partial charge in [-0.1, -0.05) is 0 Å². The van der Waals surface area contributed by atoms with E-state index in [4.69, 9.17) is 5.73 Å². The van der Waals surface area contributed by atoms with Crippen molar-refractivity contribution >= 4 is 27.3 Å². The predicted octanol–water partition coefficient (Wildman–Crippen LogP) is 0.456. The van der Waals surface area contributed by atoms with Crippen molar-refractivity contribution < 1.29 is 13.2 Å². The van der Waals surface area contributed by atoms with Crippen LogP contribution in [-0.4, -0.2) is 45.3 Å². The lowest BCUT2D eigenvalue weighted by molar-refractivity contribution is -0.119. The smallest absolute Gasteiger partial charge is 0.242 e. The molecule has 0 aliphatic heterocycles. The molecule has 21 heavy (non-hydrogen) atoms. The van der Waals surface area contributed by atoms with Crippen LogP contribution in [0.25, 0.3) is 0 Å². The first-order chi connectivity index (χ1) is 9.64. The van der Waals surface area contributed by atoms with E-state index < -0.39 is 10.0 Å². The highest BCUT2D eigenvalue weighted by Gasteiger charge is 2.18. The van der Waals surface area contributed by atoms with Gasteiger partial charge in [0.1, 0.15) is 0 Å². The molecule has 0 bridgehead atoms. The van der Waals surface area contributed by atoms with Crippen LogP contribution in [0.2, 0.25) is 0 Å². The van der Waals surface area contributed by atoms with Gasteiger partial charge in [0.2, 0.25) is 15.9 Å². The van der Waals surface area contributed by atoms with Crippen molar-refractivity contribution in [1.82, 2.24) is 9.62 Å². The Labute approximate surface area is 125 Å². The molecule has 7 nitrogen and oxygen atoms in total. The first-order valence-electron chi connectivity index (χ1n) is 6.50. The standard InChI is InChI=1S/C13H22N4O3S/c1-9(2)16-13(18)8-15-12-7-10(5-6-11(12)14)21(19,20)17(3)4/h5-7,9,15H,8,14H2,1-4H3,(H,16,18). The summed E-state index contributed by atoms with van der Waals surface area (Å²) in [6.07, 6.45) is 0. The van der Waals surface area contributed by atoms with Crippen molar-refractivity contribution in [1.29, 1.82) is 0 Å². The van der Waals surface area contributed by atoms with Gasteiger partial charge in [0.05, 0.1) is 22.8 Å². The Hall–Kier alpha value is -1.80. The zero-order valence-corrected chi connectivity index (χ0v) is 13.5. The molecule has 0 unspecified atom stereocenters. The second-order valence-corrected chi connectivity index (χ2v) is 7.26. The fourth-order valence-electron chi connectivity index (χ4n) is 1.61. The molecule has 1 aromatic rings. The van der Waals surface area contributed by atoms with Crippen LogP contribution in [0, 0.1) is 0 Å². The van der Waals surface area contributed by atoms with Crippen LogP contribution in [0.3, 0.4) is 0 Å². The van der Waals surface area contributed by atoms with E-state index in [2.05, 4.69) is 10.6 Å². The average molecular weight is 314 g/mol. The number of nitrogen functional groups attached to an aromatic ring is 1. The van der Waals surface area contributed by atoms with E-state index in [1.165, 1.54) is 32.3 Å². The largest absolute Gasteiger partial charge is 0.397 e. The molecule has 1 aromatic carbocycles. The molecule has 0 saturated heterocycles. The summed E-state index contributed by atoms with van der Waals surface area (Å²) in [4.78, 5) is 11.7. The number of sulfonamides is 1. The molecule has 0 aromatic heterocycles. The Morgan fingerprint density at radius 2 is 1.95 bits per heavy atom. The predicted molar refractivity (Wildman–Crippen MR) is 83.5 cm³/mol. The van der Waals surface area contributed by atoms with Gasteiger partial charge < -0.3 is 16.4 Å². The van der Waals surface area contributed by atoms with E-state index in [1.807, 2.05) is 13.8 Å². The molecule has 4 N–H and O–H groups in total. The molecule has 8 heteroatoms. The molecule has 0 aliphatic rings. The highest BCUT2D eigenvalue weighted by molar-refractivity contribution is 7.89. The van der Waals surface area contributed by atoms with Crippen molar-refractivity contribution in [2.45, 2.75) is 24.8 Å². The topological polar surface area (TPSA) is 105 Å². The van der Waals surface area contributed by atoms with Crippen LogP contribution >= 0.6 is 0 Å². The summed E-state index contributed by atoms with van der Waals surface area (Å²) in [6.45, 7) is 3.74. The first-order valence-corrected chi connectivity index (χ1v) is 7.94. The number of nitrogens with two attached hydrogens (primary N) is 1. The molecule has 1 rings (SSSR count). The Morgan fingerprint density at radius 1 is 1.33 bits per heavy atom. The fraction of sp³-hybridized carbons (Fsp3) is 0.462. The summed E-state index contributed by atoms with van der Waals surface area (Å²) in [6, 6.07) is 4.40. The monoisotopic (exact) mass is 314 g/mol. The van der Waals surface area contributed by atoms with Crippen molar-refractivity contribution in [3.05, 3.63) is 18.2 Å². The second kappa shape index (κ2) is 6.77. The van der Waals surface area contributed by atoms with Crippen molar-refractivity contribution in [2.24, 2.45) is 0 Å². The quantitative estimate of drug-likeness (QED) is 0.662. The number of amides is 1. The summed E-state index contributed by atoms with van der Waals surface area (Å²) < 4.78 is 25.2. The molecule has 0 spiro atoms.